The van der Waals surface area contributed by atoms with Gasteiger partial charge in [0.25, 0.3) is 0 Å². The topological polar surface area (TPSA) is 60.7 Å². The van der Waals surface area contributed by atoms with Crippen molar-refractivity contribution >= 4 is 0 Å². The third kappa shape index (κ3) is 2.56. The molecule has 3 N–H and O–H groups in total. The second-order valence-electron chi connectivity index (χ2n) is 11.1. The minimum absolute atomic E-state index is 0.00431. The molecule has 0 aromatic rings. The first-order valence-corrected chi connectivity index (χ1v) is 11.2. The van der Waals surface area contributed by atoms with Gasteiger partial charge < -0.3 is 15.3 Å². The van der Waals surface area contributed by atoms with Crippen molar-refractivity contribution < 1.29 is 15.3 Å². The van der Waals surface area contributed by atoms with Gasteiger partial charge in [0.05, 0.1) is 17.8 Å². The van der Waals surface area contributed by atoms with Crippen molar-refractivity contribution in [2.75, 3.05) is 0 Å². The van der Waals surface area contributed by atoms with E-state index in [0.717, 1.165) is 31.6 Å². The minimum atomic E-state index is -0.772. The highest BCUT2D eigenvalue weighted by Gasteiger charge is 2.64. The van der Waals surface area contributed by atoms with E-state index in [9.17, 15) is 15.3 Å². The van der Waals surface area contributed by atoms with E-state index in [0.29, 0.717) is 29.6 Å². The Bertz CT molecular complexity index is 546. The Morgan fingerprint density at radius 2 is 1.62 bits per heavy atom. The predicted molar refractivity (Wildman–Crippen MR) is 104 cm³/mol. The van der Waals surface area contributed by atoms with Crippen LogP contribution in [-0.4, -0.2) is 33.1 Å². The number of fused-ring (bicyclic) bond motifs is 5. The van der Waals surface area contributed by atoms with Crippen molar-refractivity contribution in [1.82, 2.24) is 0 Å². The maximum Gasteiger partial charge on any atom is 0.0675 e. The van der Waals surface area contributed by atoms with Gasteiger partial charge in [-0.05, 0) is 99.2 Å². The number of hydrogen-bond donors (Lipinski definition) is 3. The molecule has 4 fully saturated rings. The molecule has 4 aliphatic carbocycles. The fraction of sp³-hybridized carbons (Fsp3) is 1.00. The van der Waals surface area contributed by atoms with Gasteiger partial charge in [-0.15, -0.1) is 0 Å². The molecule has 150 valence electrons. The van der Waals surface area contributed by atoms with Crippen LogP contribution in [-0.2, 0) is 0 Å². The van der Waals surface area contributed by atoms with Gasteiger partial charge in [0.2, 0.25) is 0 Å². The second-order valence-corrected chi connectivity index (χ2v) is 11.1. The molecule has 10 atom stereocenters. The van der Waals surface area contributed by atoms with E-state index in [1.807, 2.05) is 6.92 Å². The summed E-state index contributed by atoms with van der Waals surface area (Å²) >= 11 is 0. The highest BCUT2D eigenvalue weighted by molar-refractivity contribution is 5.13. The Balaban J connectivity index is 1.63. The fourth-order valence-electron chi connectivity index (χ4n) is 8.59. The van der Waals surface area contributed by atoms with E-state index in [1.54, 1.807) is 0 Å². The maximum absolute atomic E-state index is 11.1. The zero-order chi connectivity index (χ0) is 18.9. The Hall–Kier alpha value is -0.120. The van der Waals surface area contributed by atoms with Gasteiger partial charge in [-0.25, -0.2) is 0 Å². The Morgan fingerprint density at radius 3 is 2.31 bits per heavy atom. The summed E-state index contributed by atoms with van der Waals surface area (Å²) in [5, 5.41) is 32.2. The average Bonchev–Trinajstić information content (AvgIpc) is 2.86. The molecular weight excluding hydrogens is 324 g/mol. The van der Waals surface area contributed by atoms with Crippen LogP contribution >= 0.6 is 0 Å². The van der Waals surface area contributed by atoms with Crippen LogP contribution in [0.5, 0.6) is 0 Å². The Labute approximate surface area is 159 Å². The normalized spacial score (nSPS) is 56.2. The van der Waals surface area contributed by atoms with E-state index < -0.39 is 5.60 Å². The predicted octanol–water partition coefficient (Wildman–Crippen LogP) is 4.14. The Morgan fingerprint density at radius 1 is 0.923 bits per heavy atom. The molecule has 3 heteroatoms. The summed E-state index contributed by atoms with van der Waals surface area (Å²) in [6.07, 6.45) is 9.15. The van der Waals surface area contributed by atoms with Crippen molar-refractivity contribution in [3.05, 3.63) is 0 Å². The molecule has 0 aliphatic heterocycles. The Kier molecular flexibility index (Phi) is 4.57. The molecule has 0 spiro atoms. The molecule has 26 heavy (non-hydrogen) atoms. The lowest BCUT2D eigenvalue weighted by molar-refractivity contribution is -0.149. The summed E-state index contributed by atoms with van der Waals surface area (Å²) in [4.78, 5) is 0. The summed E-state index contributed by atoms with van der Waals surface area (Å²) in [5.41, 5.74) is -0.330. The summed E-state index contributed by atoms with van der Waals surface area (Å²) in [6, 6.07) is 0. The van der Waals surface area contributed by atoms with Crippen molar-refractivity contribution in [2.24, 2.45) is 40.4 Å². The molecule has 0 radical (unpaired) electrons. The molecule has 0 aromatic heterocycles. The molecule has 0 aromatic carbocycles. The van der Waals surface area contributed by atoms with Gasteiger partial charge in [-0.2, -0.15) is 0 Å². The quantitative estimate of drug-likeness (QED) is 0.690. The first-order valence-electron chi connectivity index (χ1n) is 11.2. The van der Waals surface area contributed by atoms with Crippen LogP contribution in [0.2, 0.25) is 0 Å². The fourth-order valence-corrected chi connectivity index (χ4v) is 8.59. The van der Waals surface area contributed by atoms with Gasteiger partial charge in [0, 0.05) is 5.92 Å². The zero-order valence-electron chi connectivity index (χ0n) is 17.2. The average molecular weight is 365 g/mol. The molecule has 0 bridgehead atoms. The molecule has 4 aliphatic rings. The molecule has 0 saturated heterocycles. The molecule has 3 nitrogen and oxygen atoms in total. The van der Waals surface area contributed by atoms with Gasteiger partial charge in [-0.3, -0.25) is 0 Å². The monoisotopic (exact) mass is 364 g/mol. The highest BCUT2D eigenvalue weighted by atomic mass is 16.3. The molecule has 0 unspecified atom stereocenters. The largest absolute Gasteiger partial charge is 0.393 e. The summed E-state index contributed by atoms with van der Waals surface area (Å²) in [6.45, 7) is 8.88. The van der Waals surface area contributed by atoms with Gasteiger partial charge in [0.1, 0.15) is 0 Å². The van der Waals surface area contributed by atoms with Gasteiger partial charge in [-0.1, -0.05) is 20.8 Å². The summed E-state index contributed by atoms with van der Waals surface area (Å²) < 4.78 is 0. The first-order chi connectivity index (χ1) is 12.1. The lowest BCUT2D eigenvalue weighted by Crippen LogP contribution is -2.55. The summed E-state index contributed by atoms with van der Waals surface area (Å²) in [7, 11) is 0. The molecule has 0 heterocycles. The second kappa shape index (κ2) is 6.19. The minimum Gasteiger partial charge on any atom is -0.393 e. The molecule has 0 amide bonds. The van der Waals surface area contributed by atoms with Crippen LogP contribution in [0.3, 0.4) is 0 Å². The van der Waals surface area contributed by atoms with Crippen molar-refractivity contribution in [3.63, 3.8) is 0 Å². The lowest BCUT2D eigenvalue weighted by Gasteiger charge is -2.61. The van der Waals surface area contributed by atoms with E-state index in [1.165, 1.54) is 25.7 Å². The van der Waals surface area contributed by atoms with Gasteiger partial charge >= 0.3 is 0 Å². The van der Waals surface area contributed by atoms with Crippen LogP contribution in [0.4, 0.5) is 0 Å². The van der Waals surface area contributed by atoms with Crippen LogP contribution in [0.15, 0.2) is 0 Å². The number of aliphatic hydroxyl groups excluding tert-OH is 2. The standard InChI is InChI=1S/C23H40O3/c1-5-23(4,26)20-19(25)13-18-16-7-6-14-12-15(24)8-10-21(14,2)17(16)9-11-22(18,20)3/h14-20,24-26H,5-13H2,1-4H3/t14-,15-,16+,17-,18-,19+,20+,21-,22-,23+/m0/s1. The van der Waals surface area contributed by atoms with E-state index in [4.69, 9.17) is 0 Å². The lowest BCUT2D eigenvalue weighted by atomic mass is 9.44. The van der Waals surface area contributed by atoms with Crippen molar-refractivity contribution in [3.8, 4) is 0 Å². The number of aliphatic hydroxyl groups is 3. The van der Waals surface area contributed by atoms with Crippen molar-refractivity contribution in [2.45, 2.75) is 103 Å². The third-order valence-corrected chi connectivity index (χ3v) is 10.1. The zero-order valence-corrected chi connectivity index (χ0v) is 17.2. The third-order valence-electron chi connectivity index (χ3n) is 10.1. The smallest absolute Gasteiger partial charge is 0.0675 e. The highest BCUT2D eigenvalue weighted by Crippen LogP contribution is 2.68. The van der Waals surface area contributed by atoms with Crippen LogP contribution in [0, 0.1) is 40.4 Å². The molecule has 4 saturated carbocycles. The summed E-state index contributed by atoms with van der Waals surface area (Å²) in [5.74, 6) is 2.66. The van der Waals surface area contributed by atoms with E-state index in [-0.39, 0.29) is 23.5 Å². The van der Waals surface area contributed by atoms with Gasteiger partial charge in [0.15, 0.2) is 0 Å². The molecule has 4 rings (SSSR count). The van der Waals surface area contributed by atoms with E-state index >= 15 is 0 Å². The van der Waals surface area contributed by atoms with Crippen LogP contribution in [0.25, 0.3) is 0 Å². The van der Waals surface area contributed by atoms with Crippen LogP contribution in [0.1, 0.15) is 85.5 Å². The van der Waals surface area contributed by atoms with Crippen LogP contribution < -0.4 is 0 Å². The maximum atomic E-state index is 11.1. The first kappa shape index (κ1) is 19.2. The van der Waals surface area contributed by atoms with Crippen molar-refractivity contribution in [1.29, 1.82) is 0 Å². The van der Waals surface area contributed by atoms with E-state index in [2.05, 4.69) is 20.8 Å². The SMILES string of the molecule is CC[C@@](C)(O)[C@@H]1[C@H](O)C[C@H]2[C@@H]3CC[C@H]4C[C@@H](O)CC[C@]4(C)[C@H]3CC[C@]12C. The number of rotatable bonds is 2. The molecular formula is C23H40O3. The number of hydrogen-bond acceptors (Lipinski definition) is 3.